The van der Waals surface area contributed by atoms with Crippen molar-refractivity contribution in [3.05, 3.63) is 17.5 Å². The van der Waals surface area contributed by atoms with Crippen LogP contribution in [0.15, 0.2) is 17.5 Å². The van der Waals surface area contributed by atoms with E-state index in [4.69, 9.17) is 12.2 Å². The molecule has 16 heavy (non-hydrogen) atoms. The molecule has 92 valence electrons. The first kappa shape index (κ1) is 15.9. The molecular formula is C11H20N2S3. The van der Waals surface area contributed by atoms with Crippen molar-refractivity contribution in [1.29, 1.82) is 0 Å². The van der Waals surface area contributed by atoms with Gasteiger partial charge in [-0.1, -0.05) is 33.0 Å². The SMILES string of the molecule is CCN(CC)CC.S=C(S)Nc1cccs1. The minimum Gasteiger partial charge on any atom is -0.333 e. The molecule has 0 radical (unpaired) electrons. The summed E-state index contributed by atoms with van der Waals surface area (Å²) < 4.78 is 0.512. The number of rotatable bonds is 4. The molecule has 0 saturated carbocycles. The van der Waals surface area contributed by atoms with Gasteiger partial charge in [0.2, 0.25) is 0 Å². The normalized spacial score (nSPS) is 9.56. The maximum atomic E-state index is 4.70. The van der Waals surface area contributed by atoms with Gasteiger partial charge in [-0.3, -0.25) is 0 Å². The van der Waals surface area contributed by atoms with Gasteiger partial charge in [0.05, 0.1) is 5.00 Å². The fourth-order valence-electron chi connectivity index (χ4n) is 1.13. The van der Waals surface area contributed by atoms with E-state index in [1.807, 2.05) is 17.5 Å². The molecule has 1 aromatic heterocycles. The molecule has 5 heteroatoms. The first-order chi connectivity index (χ1) is 7.63. The lowest BCUT2D eigenvalue weighted by atomic mass is 10.5. The molecule has 1 rings (SSSR count). The maximum Gasteiger partial charge on any atom is 0.135 e. The third kappa shape index (κ3) is 8.10. The summed E-state index contributed by atoms with van der Waals surface area (Å²) in [6.07, 6.45) is 0. The van der Waals surface area contributed by atoms with Crippen molar-refractivity contribution in [1.82, 2.24) is 4.90 Å². The molecule has 0 aliphatic heterocycles. The molecule has 2 nitrogen and oxygen atoms in total. The van der Waals surface area contributed by atoms with Gasteiger partial charge in [-0.25, -0.2) is 0 Å². The van der Waals surface area contributed by atoms with Crippen LogP contribution in [-0.4, -0.2) is 28.9 Å². The summed E-state index contributed by atoms with van der Waals surface area (Å²) >= 11 is 10.2. The van der Waals surface area contributed by atoms with Gasteiger partial charge in [0.25, 0.3) is 0 Å². The Morgan fingerprint density at radius 3 is 2.19 bits per heavy atom. The highest BCUT2D eigenvalue weighted by molar-refractivity contribution is 8.11. The lowest BCUT2D eigenvalue weighted by Crippen LogP contribution is -2.21. The molecule has 0 aliphatic rings. The number of hydrogen-bond acceptors (Lipinski definition) is 3. The summed E-state index contributed by atoms with van der Waals surface area (Å²) in [5.41, 5.74) is 0. The zero-order chi connectivity index (χ0) is 12.4. The standard InChI is InChI=1S/C6H15N.C5H5NS3/c1-4-7(5-2)6-3;7-5(8)6-4-2-1-3-9-4/h4-6H2,1-3H3;1-3H,(H2,6,7,8). The van der Waals surface area contributed by atoms with E-state index < -0.39 is 0 Å². The molecule has 0 unspecified atom stereocenters. The van der Waals surface area contributed by atoms with Crippen LogP contribution < -0.4 is 5.32 Å². The summed E-state index contributed by atoms with van der Waals surface area (Å²) in [5.74, 6) is 0. The van der Waals surface area contributed by atoms with Crippen molar-refractivity contribution >= 4 is 45.5 Å². The summed E-state index contributed by atoms with van der Waals surface area (Å²) in [6.45, 7) is 10.1. The van der Waals surface area contributed by atoms with Crippen LogP contribution in [0.5, 0.6) is 0 Å². The minimum atomic E-state index is 0.512. The molecule has 0 saturated heterocycles. The average molecular weight is 276 g/mol. The number of thiocarbonyl (C=S) groups is 1. The molecule has 1 N–H and O–H groups in total. The zero-order valence-electron chi connectivity index (χ0n) is 10.1. The van der Waals surface area contributed by atoms with Gasteiger partial charge in [0.15, 0.2) is 0 Å². The fraction of sp³-hybridized carbons (Fsp3) is 0.545. The monoisotopic (exact) mass is 276 g/mol. The first-order valence-corrected chi connectivity index (χ1v) is 7.13. The Bertz CT molecular complexity index is 263. The first-order valence-electron chi connectivity index (χ1n) is 5.39. The van der Waals surface area contributed by atoms with E-state index >= 15 is 0 Å². The zero-order valence-corrected chi connectivity index (χ0v) is 12.6. The second kappa shape index (κ2) is 10.1. The minimum absolute atomic E-state index is 0.512. The largest absolute Gasteiger partial charge is 0.333 e. The molecule has 0 atom stereocenters. The van der Waals surface area contributed by atoms with Crippen molar-refractivity contribution in [2.45, 2.75) is 20.8 Å². The predicted octanol–water partition coefficient (Wildman–Crippen LogP) is 3.72. The highest BCUT2D eigenvalue weighted by atomic mass is 32.1. The van der Waals surface area contributed by atoms with Crippen molar-refractivity contribution in [3.8, 4) is 0 Å². The molecule has 0 aromatic carbocycles. The van der Waals surface area contributed by atoms with Gasteiger partial charge >= 0.3 is 0 Å². The Balaban J connectivity index is 0.000000293. The van der Waals surface area contributed by atoms with Gasteiger partial charge in [-0.05, 0) is 37.1 Å². The summed E-state index contributed by atoms with van der Waals surface area (Å²) in [7, 11) is 0. The van der Waals surface area contributed by atoms with E-state index in [1.165, 1.54) is 19.6 Å². The Labute approximate surface area is 113 Å². The number of nitrogens with one attached hydrogen (secondary N) is 1. The van der Waals surface area contributed by atoms with Crippen LogP contribution in [0.2, 0.25) is 0 Å². The Kier molecular flexibility index (Phi) is 10.0. The average Bonchev–Trinajstić information content (AvgIpc) is 2.73. The lowest BCUT2D eigenvalue weighted by molar-refractivity contribution is 0.321. The lowest BCUT2D eigenvalue weighted by Gasteiger charge is -2.13. The summed E-state index contributed by atoms with van der Waals surface area (Å²) in [6, 6.07) is 3.91. The molecule has 1 aromatic rings. The van der Waals surface area contributed by atoms with E-state index in [0.717, 1.165) is 5.00 Å². The molecule has 0 amide bonds. The van der Waals surface area contributed by atoms with Gasteiger partial charge < -0.3 is 10.2 Å². The molecular weight excluding hydrogens is 256 g/mol. The Hall–Kier alpha value is -0.100. The second-order valence-corrected chi connectivity index (χ2v) is 5.13. The van der Waals surface area contributed by atoms with Gasteiger partial charge in [-0.2, -0.15) is 0 Å². The quantitative estimate of drug-likeness (QED) is 0.644. The number of nitrogens with zero attached hydrogens (tertiary/aromatic N) is 1. The number of hydrogen-bond donors (Lipinski definition) is 2. The van der Waals surface area contributed by atoms with Crippen LogP contribution in [-0.2, 0) is 0 Å². The topological polar surface area (TPSA) is 15.3 Å². The van der Waals surface area contributed by atoms with Crippen LogP contribution in [0.1, 0.15) is 20.8 Å². The molecule has 0 spiro atoms. The molecule has 0 bridgehead atoms. The molecule has 1 heterocycles. The van der Waals surface area contributed by atoms with Crippen molar-refractivity contribution in [2.24, 2.45) is 0 Å². The van der Waals surface area contributed by atoms with Crippen molar-refractivity contribution in [3.63, 3.8) is 0 Å². The van der Waals surface area contributed by atoms with Crippen LogP contribution in [0, 0.1) is 0 Å². The van der Waals surface area contributed by atoms with E-state index in [2.05, 4.69) is 43.6 Å². The highest BCUT2D eigenvalue weighted by Gasteiger charge is 1.90. The maximum absolute atomic E-state index is 4.70. The number of anilines is 1. The van der Waals surface area contributed by atoms with Crippen molar-refractivity contribution < 1.29 is 0 Å². The van der Waals surface area contributed by atoms with E-state index in [0.29, 0.717) is 4.32 Å². The van der Waals surface area contributed by atoms with Gasteiger partial charge in [0.1, 0.15) is 4.32 Å². The van der Waals surface area contributed by atoms with Gasteiger partial charge in [-0.15, -0.1) is 24.0 Å². The van der Waals surface area contributed by atoms with E-state index in [9.17, 15) is 0 Å². The Morgan fingerprint density at radius 1 is 1.38 bits per heavy atom. The molecule has 0 aliphatic carbocycles. The van der Waals surface area contributed by atoms with Crippen LogP contribution in [0.4, 0.5) is 5.00 Å². The smallest absolute Gasteiger partial charge is 0.135 e. The van der Waals surface area contributed by atoms with Crippen molar-refractivity contribution in [2.75, 3.05) is 25.0 Å². The molecule has 0 fully saturated rings. The van der Waals surface area contributed by atoms with Gasteiger partial charge in [0, 0.05) is 0 Å². The summed E-state index contributed by atoms with van der Waals surface area (Å²) in [5, 5.41) is 5.92. The third-order valence-corrected chi connectivity index (χ3v) is 3.09. The summed E-state index contributed by atoms with van der Waals surface area (Å²) in [4.78, 5) is 2.38. The Morgan fingerprint density at radius 2 is 1.94 bits per heavy atom. The van der Waals surface area contributed by atoms with Crippen LogP contribution >= 0.6 is 36.2 Å². The highest BCUT2D eigenvalue weighted by Crippen LogP contribution is 2.15. The predicted molar refractivity (Wildman–Crippen MR) is 83.0 cm³/mol. The van der Waals surface area contributed by atoms with Crippen LogP contribution in [0.3, 0.4) is 0 Å². The van der Waals surface area contributed by atoms with E-state index in [-0.39, 0.29) is 0 Å². The van der Waals surface area contributed by atoms with Crippen LogP contribution in [0.25, 0.3) is 0 Å². The van der Waals surface area contributed by atoms with E-state index in [1.54, 1.807) is 11.3 Å². The fourth-order valence-corrected chi connectivity index (χ4v) is 2.12. The third-order valence-electron chi connectivity index (χ3n) is 2.09. The second-order valence-electron chi connectivity index (χ2n) is 3.03. The number of thiophene rings is 1. The number of thiol groups is 1.